The number of phenolic OH excluding ortho intramolecular Hbond substituents is 20. The summed E-state index contributed by atoms with van der Waals surface area (Å²) >= 11 is 0. The van der Waals surface area contributed by atoms with Gasteiger partial charge < -0.3 is 154 Å². The van der Waals surface area contributed by atoms with Crippen LogP contribution in [0.2, 0.25) is 0 Å². The lowest BCUT2D eigenvalue weighted by Gasteiger charge is -2.42. The topological polar surface area (TPSA) is 647 Å². The molecule has 9 unspecified atom stereocenters. The van der Waals surface area contributed by atoms with Gasteiger partial charge in [-0.25, -0.2) is 0 Å². The maximum absolute atomic E-state index is 12.9. The summed E-state index contributed by atoms with van der Waals surface area (Å²) in [5.74, 6) is -5.26. The van der Waals surface area contributed by atoms with Gasteiger partial charge in [-0.3, -0.25) is 44.0 Å². The first-order chi connectivity index (χ1) is 65.6. The third-order valence-electron chi connectivity index (χ3n) is 25.5. The van der Waals surface area contributed by atoms with E-state index < -0.39 is 55.1 Å². The smallest absolute Gasteiger partial charge is 0.246 e. The Morgan fingerprint density at radius 2 is 0.681 bits per heavy atom. The number of fused-ring (bicyclic) bond motifs is 2. The molecule has 29 N–H and O–H groups in total. The van der Waals surface area contributed by atoms with Gasteiger partial charge in [-0.05, 0) is 234 Å². The highest BCUT2D eigenvalue weighted by molar-refractivity contribution is 5.98. The molecule has 5 amide bonds. The molecule has 2 bridgehead atoms. The lowest BCUT2D eigenvalue weighted by atomic mass is 9.81. The van der Waals surface area contributed by atoms with Crippen LogP contribution in [0.1, 0.15) is 119 Å². The molecule has 138 heavy (non-hydrogen) atoms. The van der Waals surface area contributed by atoms with Gasteiger partial charge in [0.1, 0.15) is 49.1 Å². The van der Waals surface area contributed by atoms with Crippen molar-refractivity contribution >= 4 is 29.5 Å². The Labute approximate surface area is 792 Å². The van der Waals surface area contributed by atoms with Crippen LogP contribution in [0.25, 0.3) is 0 Å². The summed E-state index contributed by atoms with van der Waals surface area (Å²) in [4.78, 5) is 71.3. The van der Waals surface area contributed by atoms with Crippen LogP contribution in [0, 0.1) is 11.8 Å². The van der Waals surface area contributed by atoms with Crippen molar-refractivity contribution in [1.29, 1.82) is 0 Å². The van der Waals surface area contributed by atoms with Crippen molar-refractivity contribution in [3.05, 3.63) is 238 Å². The second-order valence-electron chi connectivity index (χ2n) is 35.2. The van der Waals surface area contributed by atoms with Gasteiger partial charge in [-0.15, -0.1) is 0 Å². The van der Waals surface area contributed by atoms with Gasteiger partial charge >= 0.3 is 0 Å². The van der Waals surface area contributed by atoms with E-state index in [0.717, 1.165) is 44.2 Å². The number of rotatable bonds is 26. The van der Waals surface area contributed by atoms with Gasteiger partial charge in [0.15, 0.2) is 115 Å². The Kier molecular flexibility index (Phi) is 33.8. The van der Waals surface area contributed by atoms with Crippen molar-refractivity contribution in [3.63, 3.8) is 0 Å². The number of likely N-dealkylation sites (N-methyl/N-ethyl adjacent to an activating group) is 2. The zero-order valence-electron chi connectivity index (χ0n) is 75.3. The number of piperazine rings is 3. The van der Waals surface area contributed by atoms with Crippen LogP contribution >= 0.6 is 0 Å². The number of amides is 5. The number of carbonyl (C=O) groups is 5. The highest BCUT2D eigenvalue weighted by atomic mass is 16.3. The predicted molar refractivity (Wildman–Crippen MR) is 496 cm³/mol. The number of hydrogen-bond donors (Lipinski definition) is 29. The lowest BCUT2D eigenvalue weighted by molar-refractivity contribution is -0.158. The second-order valence-corrected chi connectivity index (χ2v) is 35.2. The maximum atomic E-state index is 12.9. The molecule has 5 saturated heterocycles. The van der Waals surface area contributed by atoms with E-state index in [1.807, 2.05) is 9.80 Å². The number of carbonyl (C=O) groups excluding carboxylic acids is 5. The minimum absolute atomic E-state index is 0.0290. The Bertz CT molecular complexity index is 5760. The number of phenols is 20. The Morgan fingerprint density at radius 1 is 0.355 bits per heavy atom. The van der Waals surface area contributed by atoms with Crippen LogP contribution in [0.15, 0.2) is 182 Å². The highest BCUT2D eigenvalue weighted by Crippen LogP contribution is 2.43. The van der Waals surface area contributed by atoms with Crippen LogP contribution < -0.4 is 26.6 Å². The molecule has 13 atom stereocenters. The molecule has 6 aliphatic rings. The van der Waals surface area contributed by atoms with Gasteiger partial charge in [-0.2, -0.15) is 0 Å². The molecule has 10 aromatic carbocycles. The van der Waals surface area contributed by atoms with Gasteiger partial charge in [0.2, 0.25) is 29.5 Å². The van der Waals surface area contributed by atoms with Crippen molar-refractivity contribution < 1.29 is 147 Å². The summed E-state index contributed by atoms with van der Waals surface area (Å²) in [6.45, 7) is 4.04. The first kappa shape index (κ1) is 102. The summed E-state index contributed by atoms with van der Waals surface area (Å²) in [6, 6.07) is 39.9. The molecule has 1 aliphatic carbocycles. The van der Waals surface area contributed by atoms with E-state index in [1.165, 1.54) is 131 Å². The number of nitrogens with zero attached hydrogens (tertiary/aromatic N) is 5. The van der Waals surface area contributed by atoms with Crippen LogP contribution in [0.3, 0.4) is 0 Å². The van der Waals surface area contributed by atoms with Crippen LogP contribution in [-0.4, -0.2) is 272 Å². The fourth-order valence-corrected chi connectivity index (χ4v) is 17.8. The molecule has 736 valence electrons. The van der Waals surface area contributed by atoms with E-state index in [2.05, 4.69) is 26.6 Å². The van der Waals surface area contributed by atoms with E-state index in [9.17, 15) is 147 Å². The molecule has 16 rings (SSSR count). The number of benzene rings is 10. The van der Waals surface area contributed by atoms with E-state index in [1.54, 1.807) is 85.7 Å². The SMILES string of the molecule is CN1C(=O)C(Cc2ccc(O)c(O)c2)N(C)C(=O)C1Cc1ccc(O)c(O)c1.O=C(NCc1ccc(O)c(O)c1)C1CCCN1[C@@H](O)Cc1ccc(O)c(O)c1.O=C1NC(Cc2ccc(O)c(O)c2)C(=O)NC1Cc1ccc(O)c(O)c1.Oc1ccc(CNCC2CCCC(CN[C@H](O)c3ccc(O)c(O)c3)C2)cc1O.Oc1ccc([C@@H](O)N2CC3CC2CN3[C@@H](O)c2ccc(O)c(O)c2)cc1O. The molecule has 5 aliphatic heterocycles. The second kappa shape index (κ2) is 45.7. The molecule has 0 spiro atoms. The average Bonchev–Trinajstić information content (AvgIpc) is 1.61. The van der Waals surface area contributed by atoms with E-state index >= 15 is 0 Å². The summed E-state index contributed by atoms with van der Waals surface area (Å²) in [5.41, 5.74) is 6.13. The summed E-state index contributed by atoms with van der Waals surface area (Å²) in [6.07, 6.45) is 3.99. The van der Waals surface area contributed by atoms with Gasteiger partial charge in [0.05, 0.1) is 6.04 Å². The van der Waals surface area contributed by atoms with Gasteiger partial charge in [0.25, 0.3) is 0 Å². The van der Waals surface area contributed by atoms with Gasteiger partial charge in [0, 0.05) is 97.6 Å². The Balaban J connectivity index is 0.000000155. The molecule has 1 saturated carbocycles. The number of hydrogen-bond acceptors (Lipinski definition) is 34. The molecule has 39 nitrogen and oxygen atoms in total. The zero-order valence-corrected chi connectivity index (χ0v) is 75.3. The van der Waals surface area contributed by atoms with Crippen molar-refractivity contribution in [2.45, 2.75) is 157 Å². The first-order valence-corrected chi connectivity index (χ1v) is 44.6. The quantitative estimate of drug-likeness (QED) is 0.0217. The monoisotopic (exact) mass is 1910 g/mol. The summed E-state index contributed by atoms with van der Waals surface area (Å²) in [7, 11) is 3.11. The molecular weight excluding hydrogens is 1790 g/mol. The third-order valence-corrected chi connectivity index (χ3v) is 25.5. The van der Waals surface area contributed by atoms with Crippen LogP contribution in [-0.2, 0) is 69.2 Å². The molecule has 0 aromatic heterocycles. The fraction of sp³-hybridized carbons (Fsp3) is 0.343. The highest BCUT2D eigenvalue weighted by Gasteiger charge is 2.49. The van der Waals surface area contributed by atoms with Crippen molar-refractivity contribution in [2.75, 3.05) is 46.8 Å². The predicted octanol–water partition coefficient (Wildman–Crippen LogP) is 6.03. The lowest BCUT2D eigenvalue weighted by Crippen LogP contribution is -2.63. The molecule has 0 radical (unpaired) electrons. The standard InChI is InChI=1S/C22H30N2O5.C20H22N2O6.C20H24N2O6.C19H22N2O6.C18H18N2O6/c25-18-6-4-16(9-20(18)27)12-23-11-14-2-1-3-15(8-14)13-24-22(29)17-5-7-19(26)21(28)10-17;1-21-13(7-11-3-5-15(23)17(25)9-11)20(28)22(2)14(19(21)27)8-12-4-6-16(24)18(26)10-12;23-15-5-3-12(8-17(15)25)10-19(27)22-7-1-2-14(22)20(28)21-11-13-4-6-16(24)18(26)9-13;22-14-3-1-10(5-16(14)24)18(26)20-8-13-7-12(20)9-21(13)19(27)11-2-4-15(23)17(25)6-11;21-13-3-1-9(7-15(13)23)5-11-17(25)20-12(18(26)19-11)6-10-2-4-14(22)16(24)8-10/h4-7,9-10,14-15,22-29H,1-3,8,11-13H2;3-6,9-10,13-14,23-26H,7-8H2,1-2H3;3-6,8-9,14,19,23-27H,1-2,7,10-11H2,(H,21,28);1-6,12-13,18-19,22-27H,7-9H2;1-4,7-8,11-12,21-24H,5-6H2,(H,19,26)(H,20,25)/t14?,15?,22-;;14?,19-;12?,13?,18-,19+;/m1.0../s1. The number of aliphatic hydroxyl groups excluding tert-OH is 4. The van der Waals surface area contributed by atoms with E-state index in [-0.39, 0.29) is 195 Å². The minimum Gasteiger partial charge on any atom is -0.504 e. The first-order valence-electron chi connectivity index (χ1n) is 44.6. The van der Waals surface area contributed by atoms with E-state index in [4.69, 9.17) is 0 Å². The van der Waals surface area contributed by atoms with Crippen molar-refractivity contribution in [1.82, 2.24) is 51.1 Å². The molecule has 6 fully saturated rings. The zero-order chi connectivity index (χ0) is 99.8. The summed E-state index contributed by atoms with van der Waals surface area (Å²) in [5, 5.41) is 247. The fourth-order valence-electron chi connectivity index (χ4n) is 17.8. The normalized spacial score (nSPS) is 20.6. The van der Waals surface area contributed by atoms with Crippen molar-refractivity contribution in [2.24, 2.45) is 11.8 Å². The average molecular weight is 1910 g/mol. The number of aliphatic hydroxyl groups is 4. The van der Waals surface area contributed by atoms with Crippen LogP contribution in [0.4, 0.5) is 0 Å². The molecule has 5 heterocycles. The Morgan fingerprint density at radius 3 is 1.07 bits per heavy atom. The van der Waals surface area contributed by atoms with Crippen LogP contribution in [0.5, 0.6) is 115 Å². The maximum Gasteiger partial charge on any atom is 0.246 e. The largest absolute Gasteiger partial charge is 0.504 e. The number of nitrogens with one attached hydrogen (secondary N) is 5. The molecule has 10 aromatic rings. The Hall–Kier alpha value is -14.8. The number of likely N-dealkylation sites (tertiary alicyclic amines) is 3. The molecular formula is C99H116N10O29. The third kappa shape index (κ3) is 26.1. The van der Waals surface area contributed by atoms with Gasteiger partial charge in [-0.1, -0.05) is 67.1 Å². The van der Waals surface area contributed by atoms with E-state index in [0.29, 0.717) is 101 Å². The number of aromatic hydroxyl groups is 20. The van der Waals surface area contributed by atoms with Crippen molar-refractivity contribution in [3.8, 4) is 115 Å². The summed E-state index contributed by atoms with van der Waals surface area (Å²) < 4.78 is 0. The molecule has 39 heteroatoms. The minimum atomic E-state index is -0.913.